The normalized spacial score (nSPS) is 10.4. The van der Waals surface area contributed by atoms with Crippen LogP contribution in [-0.2, 0) is 13.2 Å². The minimum absolute atomic E-state index is 0.113. The summed E-state index contributed by atoms with van der Waals surface area (Å²) in [4.78, 5) is 0. The second kappa shape index (κ2) is 6.34. The largest absolute Gasteiger partial charge is 0.496 e. The molecular formula is C15H15F2NO2. The Kier molecular flexibility index (Phi) is 4.53. The molecule has 2 aromatic rings. The van der Waals surface area contributed by atoms with Crippen molar-refractivity contribution < 1.29 is 18.3 Å². The summed E-state index contributed by atoms with van der Waals surface area (Å²) in [6, 6.07) is 8.48. The Morgan fingerprint density at radius 2 is 1.85 bits per heavy atom. The molecule has 0 saturated heterocycles. The third-order valence-corrected chi connectivity index (χ3v) is 2.86. The molecule has 0 spiro atoms. The van der Waals surface area contributed by atoms with Crippen molar-refractivity contribution in [1.29, 1.82) is 0 Å². The minimum atomic E-state index is -0.600. The predicted molar refractivity (Wildman–Crippen MR) is 71.6 cm³/mol. The van der Waals surface area contributed by atoms with E-state index < -0.39 is 11.6 Å². The van der Waals surface area contributed by atoms with Crippen LogP contribution in [0, 0.1) is 11.6 Å². The number of ether oxygens (including phenoxy) is 2. The van der Waals surface area contributed by atoms with E-state index in [2.05, 4.69) is 0 Å². The van der Waals surface area contributed by atoms with Gasteiger partial charge in [-0.15, -0.1) is 0 Å². The summed E-state index contributed by atoms with van der Waals surface area (Å²) >= 11 is 0. The molecule has 0 radical (unpaired) electrons. The van der Waals surface area contributed by atoms with Gasteiger partial charge in [0, 0.05) is 18.2 Å². The summed E-state index contributed by atoms with van der Waals surface area (Å²) < 4.78 is 36.9. The number of hydrogen-bond acceptors (Lipinski definition) is 3. The third kappa shape index (κ3) is 3.24. The number of methoxy groups -OCH3 is 1. The van der Waals surface area contributed by atoms with Crippen molar-refractivity contribution in [3.8, 4) is 11.5 Å². The maximum atomic E-state index is 13.4. The highest BCUT2D eigenvalue weighted by molar-refractivity contribution is 5.37. The van der Waals surface area contributed by atoms with Crippen molar-refractivity contribution in [2.45, 2.75) is 13.2 Å². The molecule has 0 aliphatic heterocycles. The van der Waals surface area contributed by atoms with Crippen molar-refractivity contribution in [2.75, 3.05) is 7.11 Å². The van der Waals surface area contributed by atoms with Gasteiger partial charge in [-0.2, -0.15) is 0 Å². The Morgan fingerprint density at radius 1 is 1.05 bits per heavy atom. The maximum Gasteiger partial charge on any atom is 0.165 e. The van der Waals surface area contributed by atoms with Crippen LogP contribution in [0.2, 0.25) is 0 Å². The molecule has 2 rings (SSSR count). The zero-order valence-corrected chi connectivity index (χ0v) is 11.0. The molecule has 0 atom stereocenters. The second-order valence-corrected chi connectivity index (χ2v) is 4.21. The summed E-state index contributed by atoms with van der Waals surface area (Å²) in [5, 5.41) is 0. The lowest BCUT2D eigenvalue weighted by Crippen LogP contribution is -2.02. The van der Waals surface area contributed by atoms with E-state index in [1.807, 2.05) is 12.1 Å². The fourth-order valence-electron chi connectivity index (χ4n) is 1.80. The molecule has 0 bridgehead atoms. The molecule has 5 heteroatoms. The summed E-state index contributed by atoms with van der Waals surface area (Å²) in [7, 11) is 1.55. The summed E-state index contributed by atoms with van der Waals surface area (Å²) in [5.74, 6) is -0.616. The third-order valence-electron chi connectivity index (χ3n) is 2.86. The molecular weight excluding hydrogens is 264 g/mol. The molecule has 2 aromatic carbocycles. The summed E-state index contributed by atoms with van der Waals surface area (Å²) in [6.45, 7) is 0.477. The van der Waals surface area contributed by atoms with Crippen molar-refractivity contribution in [1.82, 2.24) is 0 Å². The van der Waals surface area contributed by atoms with Gasteiger partial charge >= 0.3 is 0 Å². The molecule has 3 nitrogen and oxygen atoms in total. The Balaban J connectivity index is 2.12. The summed E-state index contributed by atoms with van der Waals surface area (Å²) in [5.41, 5.74) is 7.22. The molecule has 0 amide bonds. The molecule has 0 aliphatic carbocycles. The molecule has 106 valence electrons. The number of halogens is 2. The van der Waals surface area contributed by atoms with Gasteiger partial charge < -0.3 is 15.2 Å². The Labute approximate surface area is 115 Å². The zero-order valence-electron chi connectivity index (χ0n) is 11.0. The topological polar surface area (TPSA) is 44.5 Å². The van der Waals surface area contributed by atoms with Crippen molar-refractivity contribution in [3.05, 3.63) is 59.2 Å². The molecule has 0 fully saturated rings. The number of nitrogens with two attached hydrogens (primary N) is 1. The second-order valence-electron chi connectivity index (χ2n) is 4.21. The van der Waals surface area contributed by atoms with Gasteiger partial charge in [-0.3, -0.25) is 0 Å². The predicted octanol–water partition coefficient (Wildman–Crippen LogP) is 3.01. The van der Waals surface area contributed by atoms with Crippen LogP contribution in [0.4, 0.5) is 8.78 Å². The van der Waals surface area contributed by atoms with Gasteiger partial charge in [-0.1, -0.05) is 12.1 Å². The molecule has 0 aromatic heterocycles. The fourth-order valence-corrected chi connectivity index (χ4v) is 1.80. The molecule has 2 N–H and O–H groups in total. The monoisotopic (exact) mass is 279 g/mol. The Bertz CT molecular complexity index is 602. The van der Waals surface area contributed by atoms with Crippen LogP contribution in [-0.4, -0.2) is 7.11 Å². The van der Waals surface area contributed by atoms with Gasteiger partial charge in [0.05, 0.1) is 7.11 Å². The van der Waals surface area contributed by atoms with E-state index in [-0.39, 0.29) is 12.4 Å². The summed E-state index contributed by atoms with van der Waals surface area (Å²) in [6.07, 6.45) is 0. The smallest absolute Gasteiger partial charge is 0.165 e. The van der Waals surface area contributed by atoms with Crippen LogP contribution in [0.15, 0.2) is 36.4 Å². The number of hydrogen-bond donors (Lipinski definition) is 1. The first kappa shape index (κ1) is 14.3. The minimum Gasteiger partial charge on any atom is -0.496 e. The first-order valence-corrected chi connectivity index (χ1v) is 6.07. The van der Waals surface area contributed by atoms with Crippen molar-refractivity contribution >= 4 is 0 Å². The highest BCUT2D eigenvalue weighted by atomic mass is 19.1. The molecule has 0 unspecified atom stereocenters. The lowest BCUT2D eigenvalue weighted by atomic mass is 10.1. The maximum absolute atomic E-state index is 13.4. The molecule has 20 heavy (non-hydrogen) atoms. The highest BCUT2D eigenvalue weighted by Crippen LogP contribution is 2.23. The van der Waals surface area contributed by atoms with Crippen molar-refractivity contribution in [2.24, 2.45) is 5.73 Å². The standard InChI is InChI=1S/C15H15F2NO2/c1-19-14-6-10(2-3-11(14)8-18)9-20-15-7-12(16)4-5-13(15)17/h2-7H,8-9,18H2,1H3. The molecule has 0 saturated carbocycles. The van der Waals surface area contributed by atoms with Gasteiger partial charge in [0.2, 0.25) is 0 Å². The molecule has 0 aliphatic rings. The van der Waals surface area contributed by atoms with E-state index in [9.17, 15) is 8.78 Å². The van der Waals surface area contributed by atoms with E-state index >= 15 is 0 Å². The van der Waals surface area contributed by atoms with Crippen LogP contribution in [0.25, 0.3) is 0 Å². The molecule has 0 heterocycles. The van der Waals surface area contributed by atoms with Crippen LogP contribution in [0.5, 0.6) is 11.5 Å². The number of rotatable bonds is 5. The Hall–Kier alpha value is -2.14. The van der Waals surface area contributed by atoms with E-state index in [1.54, 1.807) is 13.2 Å². The van der Waals surface area contributed by atoms with Gasteiger partial charge in [-0.25, -0.2) is 8.78 Å². The lowest BCUT2D eigenvalue weighted by molar-refractivity contribution is 0.287. The van der Waals surface area contributed by atoms with Crippen LogP contribution in [0.1, 0.15) is 11.1 Å². The van der Waals surface area contributed by atoms with E-state index in [1.165, 1.54) is 0 Å². The van der Waals surface area contributed by atoms with Crippen LogP contribution < -0.4 is 15.2 Å². The number of benzene rings is 2. The lowest BCUT2D eigenvalue weighted by Gasteiger charge is -2.11. The quantitative estimate of drug-likeness (QED) is 0.915. The van der Waals surface area contributed by atoms with Crippen LogP contribution in [0.3, 0.4) is 0 Å². The van der Waals surface area contributed by atoms with Crippen LogP contribution >= 0.6 is 0 Å². The van der Waals surface area contributed by atoms with Gasteiger partial charge in [0.1, 0.15) is 18.2 Å². The van der Waals surface area contributed by atoms with E-state index in [0.717, 1.165) is 29.3 Å². The van der Waals surface area contributed by atoms with Gasteiger partial charge in [0.15, 0.2) is 11.6 Å². The highest BCUT2D eigenvalue weighted by Gasteiger charge is 2.07. The first-order valence-electron chi connectivity index (χ1n) is 6.07. The van der Waals surface area contributed by atoms with Crippen molar-refractivity contribution in [3.63, 3.8) is 0 Å². The zero-order chi connectivity index (χ0) is 14.5. The average molecular weight is 279 g/mol. The SMILES string of the molecule is COc1cc(COc2cc(F)ccc2F)ccc1CN. The first-order chi connectivity index (χ1) is 9.63. The Morgan fingerprint density at radius 3 is 2.55 bits per heavy atom. The average Bonchev–Trinajstić information content (AvgIpc) is 2.47. The van der Waals surface area contributed by atoms with E-state index in [0.29, 0.717) is 12.3 Å². The van der Waals surface area contributed by atoms with Gasteiger partial charge in [0.25, 0.3) is 0 Å². The van der Waals surface area contributed by atoms with Gasteiger partial charge in [-0.05, 0) is 23.8 Å². The van der Waals surface area contributed by atoms with E-state index in [4.69, 9.17) is 15.2 Å². The fraction of sp³-hybridized carbons (Fsp3) is 0.200.